The van der Waals surface area contributed by atoms with Crippen molar-refractivity contribution in [1.82, 2.24) is 19.6 Å². The van der Waals surface area contributed by atoms with Crippen molar-refractivity contribution in [3.63, 3.8) is 0 Å². The number of nitrogen functional groups attached to an aromatic ring is 1. The highest BCUT2D eigenvalue weighted by atomic mass is 32.2. The first-order valence-corrected chi connectivity index (χ1v) is 13.0. The molecule has 1 fully saturated rings. The van der Waals surface area contributed by atoms with Gasteiger partial charge in [0.25, 0.3) is 11.8 Å². The van der Waals surface area contributed by atoms with Crippen molar-refractivity contribution in [2.45, 2.75) is 30.7 Å². The van der Waals surface area contributed by atoms with Gasteiger partial charge in [-0.25, -0.2) is 0 Å². The Hall–Kier alpha value is -2.97. The minimum Gasteiger partial charge on any atom is -0.543 e. The average Bonchev–Trinajstić information content (AvgIpc) is 3.50. The Labute approximate surface area is 209 Å². The topological polar surface area (TPSA) is 163 Å². The van der Waals surface area contributed by atoms with Crippen LogP contribution in [0.2, 0.25) is 0 Å². The van der Waals surface area contributed by atoms with E-state index in [9.17, 15) is 19.5 Å². The zero-order valence-electron chi connectivity index (χ0n) is 19.3. The number of nitrogens with two attached hydrogens (primary N) is 1. The Balaban J connectivity index is 1.32. The number of nitrogens with one attached hydrogen (secondary N) is 1. The minimum absolute atomic E-state index is 0.0209. The lowest BCUT2D eigenvalue weighted by Gasteiger charge is -2.51. The van der Waals surface area contributed by atoms with Gasteiger partial charge in [0.2, 0.25) is 11.5 Å². The van der Waals surface area contributed by atoms with E-state index in [0.717, 1.165) is 37.5 Å². The first kappa shape index (κ1) is 23.8. The maximum Gasteiger partial charge on any atom is 0.278 e. The lowest BCUT2D eigenvalue weighted by atomic mass is 10.0. The second-order valence-corrected chi connectivity index (χ2v) is 11.2. The van der Waals surface area contributed by atoms with E-state index >= 15 is 0 Å². The van der Waals surface area contributed by atoms with Crippen molar-refractivity contribution in [3.05, 3.63) is 28.2 Å². The van der Waals surface area contributed by atoms with Gasteiger partial charge in [-0.05, 0) is 30.4 Å². The van der Waals surface area contributed by atoms with Gasteiger partial charge in [0.1, 0.15) is 38.2 Å². The van der Waals surface area contributed by atoms with Crippen LogP contribution >= 0.6 is 23.3 Å². The molecule has 1 saturated heterocycles. The third kappa shape index (κ3) is 4.19. The maximum atomic E-state index is 13.0. The fourth-order valence-electron chi connectivity index (χ4n) is 5.41. The average molecular weight is 520 g/mol. The Morgan fingerprint density at radius 2 is 2.06 bits per heavy atom. The highest BCUT2D eigenvalue weighted by molar-refractivity contribution is 8.00. The number of amides is 2. The van der Waals surface area contributed by atoms with Gasteiger partial charge in [0, 0.05) is 22.9 Å². The third-order valence-corrected chi connectivity index (χ3v) is 8.64. The number of carboxylic acids is 1. The van der Waals surface area contributed by atoms with E-state index in [1.54, 1.807) is 0 Å². The van der Waals surface area contributed by atoms with Gasteiger partial charge in [-0.15, -0.1) is 11.8 Å². The van der Waals surface area contributed by atoms with E-state index in [1.165, 1.54) is 41.3 Å². The van der Waals surface area contributed by atoms with Gasteiger partial charge in [-0.2, -0.15) is 9.36 Å². The van der Waals surface area contributed by atoms with Gasteiger partial charge < -0.3 is 30.3 Å². The number of thioether (sulfide) groups is 1. The van der Waals surface area contributed by atoms with Crippen molar-refractivity contribution in [2.24, 2.45) is 5.16 Å². The number of anilines is 1. The van der Waals surface area contributed by atoms with Crippen molar-refractivity contribution in [2.75, 3.05) is 45.3 Å². The van der Waals surface area contributed by atoms with Crippen molar-refractivity contribution in [1.29, 1.82) is 0 Å². The van der Waals surface area contributed by atoms with Crippen LogP contribution in [0.15, 0.2) is 27.6 Å². The number of quaternary nitrogens is 1. The number of fused-ring (bicyclic) bond motifs is 1. The van der Waals surface area contributed by atoms with Crippen LogP contribution < -0.4 is 16.2 Å². The van der Waals surface area contributed by atoms with Crippen LogP contribution in [0.1, 0.15) is 25.1 Å². The Morgan fingerprint density at radius 3 is 2.66 bits per heavy atom. The summed E-state index contributed by atoms with van der Waals surface area (Å²) < 4.78 is 4.68. The number of carbonyl (C=O) groups is 3. The fourth-order valence-corrected chi connectivity index (χ4v) is 7.18. The molecule has 4 aliphatic rings. The van der Waals surface area contributed by atoms with Crippen LogP contribution in [0.25, 0.3) is 0 Å². The molecule has 186 valence electrons. The molecule has 1 aliphatic carbocycles. The molecule has 2 atom stereocenters. The second-order valence-electron chi connectivity index (χ2n) is 9.33. The number of carbonyl (C=O) groups excluding carboxylic acids is 3. The van der Waals surface area contributed by atoms with Gasteiger partial charge in [0.15, 0.2) is 5.13 Å². The number of hydrogen-bond acceptors (Lipinski definition) is 11. The van der Waals surface area contributed by atoms with E-state index in [1.807, 2.05) is 0 Å². The summed E-state index contributed by atoms with van der Waals surface area (Å²) in [5.74, 6) is -2.19. The summed E-state index contributed by atoms with van der Waals surface area (Å²) in [6, 6.07) is -0.927. The standard InChI is InChI=1S/C21H25N7O5S2/c1-28(6-10-4-3-5-11(10)7-28)8-12-9-34-19-14(18(30)27(19)15(12)20(31)32)23-17(29)13(25-33-2)16-24-21(22)35-26-16/h14,19H,3-9H2,1-2H3,(H3-,22,23,24,26,29,31,32)/b25-13-/t14-,19-/m1/s1. The lowest BCUT2D eigenvalue weighted by molar-refractivity contribution is -0.890. The molecule has 0 unspecified atom stereocenters. The zero-order chi connectivity index (χ0) is 24.9. The Bertz CT molecular complexity index is 1190. The molecule has 0 saturated carbocycles. The summed E-state index contributed by atoms with van der Waals surface area (Å²) >= 11 is 2.31. The molecular formula is C21H25N7O5S2. The van der Waals surface area contributed by atoms with Crippen LogP contribution in [0.3, 0.4) is 0 Å². The van der Waals surface area contributed by atoms with Crippen molar-refractivity contribution in [3.8, 4) is 0 Å². The number of hydrogen-bond donors (Lipinski definition) is 2. The molecule has 3 aliphatic heterocycles. The van der Waals surface area contributed by atoms with Crippen LogP contribution in [0, 0.1) is 0 Å². The normalized spacial score (nSPS) is 25.4. The number of rotatable bonds is 7. The van der Waals surface area contributed by atoms with Crippen LogP contribution in [0.5, 0.6) is 0 Å². The van der Waals surface area contributed by atoms with Crippen LogP contribution in [-0.2, 0) is 19.2 Å². The molecule has 1 aromatic heterocycles. The number of carboxylic acid groups (broad SMARTS) is 1. The lowest BCUT2D eigenvalue weighted by Crippen LogP contribution is -2.71. The summed E-state index contributed by atoms with van der Waals surface area (Å²) in [4.78, 5) is 47.9. The van der Waals surface area contributed by atoms with E-state index in [0.29, 0.717) is 22.4 Å². The molecule has 3 N–H and O–H groups in total. The van der Waals surface area contributed by atoms with Crippen LogP contribution in [-0.4, -0.2) is 93.2 Å². The van der Waals surface area contributed by atoms with Gasteiger partial charge in [-0.3, -0.25) is 14.5 Å². The summed E-state index contributed by atoms with van der Waals surface area (Å²) in [5, 5.41) is 18.0. The van der Waals surface area contributed by atoms with Crippen LogP contribution in [0.4, 0.5) is 5.13 Å². The highest BCUT2D eigenvalue weighted by Crippen LogP contribution is 2.42. The first-order chi connectivity index (χ1) is 16.7. The number of likely N-dealkylation sites (N-methyl/N-ethyl adjacent to an activating group) is 1. The van der Waals surface area contributed by atoms with Gasteiger partial charge in [0.05, 0.1) is 18.7 Å². The molecule has 4 heterocycles. The third-order valence-electron chi connectivity index (χ3n) is 6.75. The minimum atomic E-state index is -1.38. The predicted molar refractivity (Wildman–Crippen MR) is 127 cm³/mol. The van der Waals surface area contributed by atoms with Gasteiger partial charge >= 0.3 is 0 Å². The SMILES string of the molecule is CO/N=C(\C(=O)N[C@@H]1C(=O)N2C(C(=O)[O-])=C(C[N+]3(C)CC4=C(CCC4)C3)CS[C@H]12)c1nsc(N)n1. The monoisotopic (exact) mass is 519 g/mol. The molecule has 1 aromatic rings. The first-order valence-electron chi connectivity index (χ1n) is 11.1. The Kier molecular flexibility index (Phi) is 6.05. The van der Waals surface area contributed by atoms with Gasteiger partial charge in [-0.1, -0.05) is 5.16 Å². The molecule has 0 radical (unpaired) electrons. The smallest absolute Gasteiger partial charge is 0.278 e. The molecule has 0 bridgehead atoms. The number of β-lactam (4-membered cyclic amide) rings is 1. The highest BCUT2D eigenvalue weighted by Gasteiger charge is 2.54. The number of aliphatic carboxylic acids is 1. The van der Waals surface area contributed by atoms with E-state index in [2.05, 4.69) is 26.9 Å². The number of likely N-dealkylation sites (tertiary alicyclic amines) is 1. The molecule has 12 nitrogen and oxygen atoms in total. The largest absolute Gasteiger partial charge is 0.543 e. The summed E-state index contributed by atoms with van der Waals surface area (Å²) in [7, 11) is 3.40. The van der Waals surface area contributed by atoms with Crippen molar-refractivity contribution >= 4 is 51.9 Å². The molecule has 0 aromatic carbocycles. The number of nitrogens with zero attached hydrogens (tertiary/aromatic N) is 5. The Morgan fingerprint density at radius 1 is 1.34 bits per heavy atom. The summed E-state index contributed by atoms with van der Waals surface area (Å²) in [5.41, 5.74) is 8.98. The predicted octanol–water partition coefficient (Wildman–Crippen LogP) is -1.18. The summed E-state index contributed by atoms with van der Waals surface area (Å²) in [6.07, 6.45) is 3.44. The molecule has 14 heteroatoms. The number of aromatic nitrogens is 2. The number of oxime groups is 1. The summed E-state index contributed by atoms with van der Waals surface area (Å²) in [6.45, 7) is 2.37. The molecule has 0 spiro atoms. The van der Waals surface area contributed by atoms with E-state index < -0.39 is 29.2 Å². The molecule has 5 rings (SSSR count). The van der Waals surface area contributed by atoms with E-state index in [-0.39, 0.29) is 22.4 Å². The fraction of sp³-hybridized carbons (Fsp3) is 0.524. The van der Waals surface area contributed by atoms with E-state index in [4.69, 9.17) is 10.6 Å². The maximum absolute atomic E-state index is 13.0. The van der Waals surface area contributed by atoms with Crippen molar-refractivity contribution < 1.29 is 28.8 Å². The second kappa shape index (κ2) is 8.91. The zero-order valence-corrected chi connectivity index (χ0v) is 20.9. The molecular weight excluding hydrogens is 494 g/mol. The molecule has 35 heavy (non-hydrogen) atoms. The quantitative estimate of drug-likeness (QED) is 0.148. The molecule has 2 amide bonds.